The van der Waals surface area contributed by atoms with Crippen molar-refractivity contribution in [3.05, 3.63) is 65.0 Å². The molecule has 198 valence electrons. The van der Waals surface area contributed by atoms with Gasteiger partial charge in [-0.05, 0) is 67.1 Å². The van der Waals surface area contributed by atoms with Gasteiger partial charge in [-0.3, -0.25) is 4.79 Å². The number of oxazole rings is 1. The number of aromatic nitrogens is 1. The predicted octanol–water partition coefficient (Wildman–Crippen LogP) is 3.50. The number of sulfonamides is 2. The molecule has 1 aliphatic rings. The molecule has 1 N–H and O–H groups in total. The monoisotopic (exact) mass is 548 g/mol. The molecule has 0 bridgehead atoms. The van der Waals surface area contributed by atoms with E-state index in [0.717, 1.165) is 36.5 Å². The Kier molecular flexibility index (Phi) is 7.33. The van der Waals surface area contributed by atoms with E-state index in [4.69, 9.17) is 14.3 Å². The van der Waals surface area contributed by atoms with Crippen LogP contribution in [0.15, 0.2) is 46.9 Å². The second kappa shape index (κ2) is 10.2. The summed E-state index contributed by atoms with van der Waals surface area (Å²) in [6, 6.07) is 11.7. The van der Waals surface area contributed by atoms with Crippen LogP contribution in [0.4, 0.5) is 5.69 Å². The molecular weight excluding hydrogens is 520 g/mol. The molecule has 4 rings (SSSR count). The summed E-state index contributed by atoms with van der Waals surface area (Å²) in [6.07, 6.45) is 3.87. The fourth-order valence-electron chi connectivity index (χ4n) is 4.63. The van der Waals surface area contributed by atoms with Crippen molar-refractivity contribution in [1.29, 1.82) is 0 Å². The first-order valence-corrected chi connectivity index (χ1v) is 15.3. The number of rotatable bonds is 10. The average molecular weight is 549 g/mol. The van der Waals surface area contributed by atoms with Gasteiger partial charge in [0.15, 0.2) is 0 Å². The van der Waals surface area contributed by atoms with Crippen molar-refractivity contribution < 1.29 is 35.9 Å². The lowest BCUT2D eigenvalue weighted by atomic mass is 9.98. The van der Waals surface area contributed by atoms with E-state index in [1.807, 2.05) is 18.2 Å². The molecule has 3 aromatic rings. The summed E-state index contributed by atoms with van der Waals surface area (Å²) in [7, 11) is -8.15. The van der Waals surface area contributed by atoms with E-state index in [-0.39, 0.29) is 23.9 Å². The minimum atomic E-state index is -4.08. The number of hydrogen-bond donors (Lipinski definition) is 1. The molecule has 1 aromatic heterocycles. The first kappa shape index (κ1) is 26.7. The number of ether oxygens (including phenoxy) is 1. The van der Waals surface area contributed by atoms with Gasteiger partial charge >= 0.3 is 5.97 Å². The molecule has 1 atom stereocenters. The summed E-state index contributed by atoms with van der Waals surface area (Å²) >= 11 is 0. The van der Waals surface area contributed by atoms with E-state index < -0.39 is 26.0 Å². The molecule has 0 saturated carbocycles. The molecule has 0 saturated heterocycles. The summed E-state index contributed by atoms with van der Waals surface area (Å²) in [5.41, 5.74) is 3.23. The Morgan fingerprint density at radius 3 is 2.54 bits per heavy atom. The van der Waals surface area contributed by atoms with Gasteiger partial charge in [0.2, 0.25) is 25.9 Å². The van der Waals surface area contributed by atoms with Gasteiger partial charge in [0.1, 0.15) is 11.5 Å². The molecule has 0 spiro atoms. The number of aryl methyl sites for hydroxylation is 2. The van der Waals surface area contributed by atoms with Gasteiger partial charge in [0.05, 0.1) is 36.9 Å². The van der Waals surface area contributed by atoms with Crippen LogP contribution < -0.4 is 8.45 Å². The molecule has 2 aromatic carbocycles. The molecule has 1 heterocycles. The highest BCUT2D eigenvalue weighted by Crippen LogP contribution is 2.37. The van der Waals surface area contributed by atoms with E-state index in [1.54, 1.807) is 13.0 Å². The summed E-state index contributed by atoms with van der Waals surface area (Å²) in [4.78, 5) is 15.6. The van der Waals surface area contributed by atoms with E-state index in [2.05, 4.69) is 4.98 Å². The van der Waals surface area contributed by atoms with Gasteiger partial charge in [-0.1, -0.05) is 12.1 Å². The van der Waals surface area contributed by atoms with Gasteiger partial charge < -0.3 is 14.3 Å². The van der Waals surface area contributed by atoms with Crippen molar-refractivity contribution in [2.75, 3.05) is 22.8 Å². The average Bonchev–Trinajstić information content (AvgIpc) is 3.35. The number of fused-ring (bicyclic) bond motifs is 1. The summed E-state index contributed by atoms with van der Waals surface area (Å²) in [6.45, 7) is 2.09. The Morgan fingerprint density at radius 2 is 1.86 bits per heavy atom. The molecule has 10 nitrogen and oxygen atoms in total. The fraction of sp³-hybridized carbons (Fsp3) is 0.360. The maximum Gasteiger partial charge on any atom is 0.303 e. The standard InChI is InChI=1S/C25H28N2O8S2/c1-16-23(11-12-34-21-9-10-22-17(14-21)7-8-18(22)15-24(28)29)26-25(35-16)19-5-4-6-20(13-19)27(36(2,30)31)37(3,32)33/h4-6,9-10,13-14,18H,7-8,11-12,15H2,1-3H3,(H,28,29)/t18-/m0/s1. The van der Waals surface area contributed by atoms with Crippen LogP contribution >= 0.6 is 0 Å². The molecule has 12 heteroatoms. The van der Waals surface area contributed by atoms with Crippen molar-refractivity contribution in [1.82, 2.24) is 4.98 Å². The first-order chi connectivity index (χ1) is 17.3. The zero-order valence-electron chi connectivity index (χ0n) is 20.7. The van der Waals surface area contributed by atoms with Crippen LogP contribution in [0.1, 0.15) is 41.3 Å². The molecule has 0 radical (unpaired) electrons. The second-order valence-corrected chi connectivity index (χ2v) is 13.0. The number of carboxylic acids is 1. The van der Waals surface area contributed by atoms with Crippen molar-refractivity contribution in [3.63, 3.8) is 0 Å². The SMILES string of the molecule is Cc1oc(-c2cccc(N(S(C)(=O)=O)S(C)(=O)=O)c2)nc1CCOc1ccc2c(c1)CC[C@H]2CC(=O)O. The maximum atomic E-state index is 12.1. The smallest absolute Gasteiger partial charge is 0.303 e. The highest BCUT2D eigenvalue weighted by atomic mass is 32.3. The van der Waals surface area contributed by atoms with Crippen LogP contribution in [0.2, 0.25) is 0 Å². The lowest BCUT2D eigenvalue weighted by Gasteiger charge is -2.19. The molecule has 0 unspecified atom stereocenters. The molecular formula is C25H28N2O8S2. The van der Waals surface area contributed by atoms with Gasteiger partial charge in [-0.25, -0.2) is 21.8 Å². The highest BCUT2D eigenvalue weighted by Gasteiger charge is 2.28. The molecule has 1 aliphatic carbocycles. The maximum absolute atomic E-state index is 12.1. The Hall–Kier alpha value is -3.38. The Labute approximate surface area is 216 Å². The van der Waals surface area contributed by atoms with Gasteiger partial charge in [-0.15, -0.1) is 0 Å². The number of anilines is 1. The van der Waals surface area contributed by atoms with E-state index in [1.165, 1.54) is 18.2 Å². The lowest BCUT2D eigenvalue weighted by Crippen LogP contribution is -2.35. The highest BCUT2D eigenvalue weighted by molar-refractivity contribution is 8.09. The predicted molar refractivity (Wildman–Crippen MR) is 138 cm³/mol. The minimum absolute atomic E-state index is 0.0366. The number of hydrogen-bond acceptors (Lipinski definition) is 8. The van der Waals surface area contributed by atoms with Crippen LogP contribution in [0, 0.1) is 6.92 Å². The van der Waals surface area contributed by atoms with Crippen molar-refractivity contribution in [2.24, 2.45) is 0 Å². The van der Waals surface area contributed by atoms with Crippen molar-refractivity contribution in [3.8, 4) is 17.2 Å². The van der Waals surface area contributed by atoms with Gasteiger partial charge in [0.25, 0.3) is 0 Å². The number of carbonyl (C=O) groups is 1. The largest absolute Gasteiger partial charge is 0.493 e. The fourth-order valence-corrected chi connectivity index (χ4v) is 7.59. The first-order valence-electron chi connectivity index (χ1n) is 11.6. The Morgan fingerprint density at radius 1 is 1.14 bits per heavy atom. The third kappa shape index (κ3) is 6.13. The van der Waals surface area contributed by atoms with Crippen LogP contribution in [0.3, 0.4) is 0 Å². The van der Waals surface area contributed by atoms with Crippen LogP contribution in [0.25, 0.3) is 11.5 Å². The van der Waals surface area contributed by atoms with E-state index in [0.29, 0.717) is 39.5 Å². The van der Waals surface area contributed by atoms with Crippen molar-refractivity contribution in [2.45, 2.75) is 38.5 Å². The summed E-state index contributed by atoms with van der Waals surface area (Å²) < 4.78 is 60.5. The summed E-state index contributed by atoms with van der Waals surface area (Å²) in [5, 5.41) is 9.09. The number of aliphatic carboxylic acids is 1. The zero-order chi connectivity index (χ0) is 27.0. The third-order valence-electron chi connectivity index (χ3n) is 6.14. The van der Waals surface area contributed by atoms with Crippen molar-refractivity contribution >= 4 is 31.7 Å². The van der Waals surface area contributed by atoms with Gasteiger partial charge in [-0.2, -0.15) is 3.71 Å². The Balaban J connectivity index is 1.46. The number of carboxylic acid groups (broad SMARTS) is 1. The lowest BCUT2D eigenvalue weighted by molar-refractivity contribution is -0.137. The zero-order valence-corrected chi connectivity index (χ0v) is 22.3. The van der Waals surface area contributed by atoms with Crippen LogP contribution in [0.5, 0.6) is 5.75 Å². The molecule has 0 amide bonds. The van der Waals surface area contributed by atoms with Crippen LogP contribution in [-0.2, 0) is 37.7 Å². The Bertz CT molecular complexity index is 1510. The molecule has 37 heavy (non-hydrogen) atoms. The van der Waals surface area contributed by atoms with Gasteiger partial charge in [0, 0.05) is 12.0 Å². The van der Waals surface area contributed by atoms with Crippen LogP contribution in [-0.4, -0.2) is 52.0 Å². The number of nitrogens with zero attached hydrogens (tertiary/aromatic N) is 2. The third-order valence-corrected chi connectivity index (χ3v) is 9.40. The normalized spacial score (nSPS) is 15.4. The minimum Gasteiger partial charge on any atom is -0.493 e. The van der Waals surface area contributed by atoms with E-state index in [9.17, 15) is 21.6 Å². The topological polar surface area (TPSA) is 144 Å². The van der Waals surface area contributed by atoms with E-state index >= 15 is 0 Å². The molecule has 0 fully saturated rings. The summed E-state index contributed by atoms with van der Waals surface area (Å²) in [5.74, 6) is 0.745. The second-order valence-electron chi connectivity index (χ2n) is 9.09. The molecule has 0 aliphatic heterocycles. The quantitative estimate of drug-likeness (QED) is 0.402. The number of benzene rings is 2.